The van der Waals surface area contributed by atoms with Crippen LogP contribution in [0.1, 0.15) is 66.1 Å². The lowest BCUT2D eigenvalue weighted by molar-refractivity contribution is -0.137. The normalized spacial score (nSPS) is 19.6. The smallest absolute Gasteiger partial charge is 0.338 e. The van der Waals surface area contributed by atoms with Crippen LogP contribution in [0, 0.1) is 5.92 Å². The van der Waals surface area contributed by atoms with Crippen molar-refractivity contribution in [2.24, 2.45) is 11.1 Å². The number of amides is 1. The molecule has 8 heteroatoms. The number of fused-ring (bicyclic) bond motifs is 1. The van der Waals surface area contributed by atoms with Crippen molar-refractivity contribution in [3.63, 3.8) is 0 Å². The number of halogens is 1. The first-order chi connectivity index (χ1) is 20.0. The second-order valence-corrected chi connectivity index (χ2v) is 10.9. The number of hydrogen-bond acceptors (Lipinski definition) is 6. The molecular formula is C33H39ClN2O5. The van der Waals surface area contributed by atoms with E-state index in [0.717, 1.165) is 32.1 Å². The summed E-state index contributed by atoms with van der Waals surface area (Å²) in [7, 11) is 0. The summed E-state index contributed by atoms with van der Waals surface area (Å²) in [6, 6.07) is 12.0. The molecule has 0 spiro atoms. The van der Waals surface area contributed by atoms with Gasteiger partial charge in [0.25, 0.3) is 5.91 Å². The van der Waals surface area contributed by atoms with Crippen LogP contribution in [0.25, 0.3) is 0 Å². The number of phenols is 1. The predicted molar refractivity (Wildman–Crippen MR) is 161 cm³/mol. The first-order valence-corrected chi connectivity index (χ1v) is 14.9. The number of carbonyl (C=O) groups is 2. The molecule has 0 aromatic heterocycles. The quantitative estimate of drug-likeness (QED) is 0.241. The average Bonchev–Trinajstić information content (AvgIpc) is 2.98. The number of esters is 1. The van der Waals surface area contributed by atoms with Crippen molar-refractivity contribution in [3.05, 3.63) is 88.0 Å². The minimum Gasteiger partial charge on any atom is -0.506 e. The summed E-state index contributed by atoms with van der Waals surface area (Å²) in [5.74, 6) is -0.128. The molecule has 218 valence electrons. The number of rotatable bonds is 6. The summed E-state index contributed by atoms with van der Waals surface area (Å²) in [5, 5.41) is 14.9. The molecule has 2 aromatic carbocycles. The predicted octanol–water partition coefficient (Wildman–Crippen LogP) is 6.46. The molecule has 1 saturated heterocycles. The van der Waals surface area contributed by atoms with Gasteiger partial charge in [-0.1, -0.05) is 72.2 Å². The molecule has 41 heavy (non-hydrogen) atoms. The number of oxime groups is 1. The highest BCUT2D eigenvalue weighted by atomic mass is 35.5. The lowest BCUT2D eigenvalue weighted by Gasteiger charge is -2.31. The van der Waals surface area contributed by atoms with Crippen molar-refractivity contribution in [2.45, 2.75) is 58.3 Å². The Morgan fingerprint density at radius 3 is 2.61 bits per heavy atom. The summed E-state index contributed by atoms with van der Waals surface area (Å²) in [4.78, 5) is 33.4. The molecular weight excluding hydrogens is 540 g/mol. The number of phenolic OH excluding ortho intramolecular Hbond substituents is 1. The van der Waals surface area contributed by atoms with Gasteiger partial charge in [-0.05, 0) is 79.7 Å². The van der Waals surface area contributed by atoms with Gasteiger partial charge in [0.15, 0.2) is 6.61 Å². The Bertz CT molecular complexity index is 1280. The number of allylic oxidation sites excluding steroid dienone is 3. The lowest BCUT2D eigenvalue weighted by atomic mass is 9.90. The molecule has 4 rings (SSSR count). The van der Waals surface area contributed by atoms with Gasteiger partial charge in [-0.2, -0.15) is 0 Å². The highest BCUT2D eigenvalue weighted by Crippen LogP contribution is 2.34. The fraction of sp³-hybridized carbons (Fsp3) is 0.424. The van der Waals surface area contributed by atoms with Crippen LogP contribution in [0.5, 0.6) is 5.75 Å². The van der Waals surface area contributed by atoms with Crippen LogP contribution in [0.2, 0.25) is 5.02 Å². The molecule has 2 aromatic rings. The van der Waals surface area contributed by atoms with E-state index in [4.69, 9.17) is 21.2 Å². The Labute approximate surface area is 247 Å². The molecule has 0 bridgehead atoms. The number of carbonyl (C=O) groups excluding carboxylic acids is 2. The van der Waals surface area contributed by atoms with Crippen LogP contribution < -0.4 is 0 Å². The van der Waals surface area contributed by atoms with Crippen molar-refractivity contribution in [2.75, 3.05) is 26.3 Å². The van der Waals surface area contributed by atoms with E-state index in [-0.39, 0.29) is 36.3 Å². The summed E-state index contributed by atoms with van der Waals surface area (Å²) in [6.45, 7) is 3.38. The standard InChI is InChI=1S/C33H39ClN2O5/c1-2-26-21-29(37)32(34)28-22-27(14-10-5-3-4-6-11-19-40-33(39)31(26)28)35-41-23-30(38)36-17-15-25(16-18-36)20-24-12-8-7-9-13-24/h4,6-10,12-14,21,25,37H,2-3,5,11,15-20,22-23H2,1H3/b6-4+,14-10+,35-27-. The van der Waals surface area contributed by atoms with Crippen LogP contribution in [-0.2, 0) is 33.6 Å². The molecule has 1 amide bonds. The van der Waals surface area contributed by atoms with E-state index in [1.807, 2.05) is 36.1 Å². The zero-order valence-electron chi connectivity index (χ0n) is 23.7. The van der Waals surface area contributed by atoms with Crippen LogP contribution in [0.3, 0.4) is 0 Å². The Kier molecular flexibility index (Phi) is 11.4. The molecule has 2 aliphatic rings. The molecule has 0 unspecified atom stereocenters. The minimum absolute atomic E-state index is 0.0803. The zero-order chi connectivity index (χ0) is 29.0. The maximum atomic E-state index is 13.1. The number of nitrogens with zero attached hydrogens (tertiary/aromatic N) is 2. The van der Waals surface area contributed by atoms with Gasteiger partial charge >= 0.3 is 5.97 Å². The van der Waals surface area contributed by atoms with Crippen molar-refractivity contribution < 1.29 is 24.3 Å². The summed E-state index contributed by atoms with van der Waals surface area (Å²) < 4.78 is 5.54. The summed E-state index contributed by atoms with van der Waals surface area (Å²) in [5.41, 5.74) is 3.23. The van der Waals surface area contributed by atoms with Crippen molar-refractivity contribution in [1.29, 1.82) is 0 Å². The third kappa shape index (κ3) is 8.70. The Morgan fingerprint density at radius 2 is 1.85 bits per heavy atom. The van der Waals surface area contributed by atoms with E-state index < -0.39 is 5.97 Å². The number of aryl methyl sites for hydroxylation is 1. The van der Waals surface area contributed by atoms with Gasteiger partial charge in [0.1, 0.15) is 5.75 Å². The highest BCUT2D eigenvalue weighted by molar-refractivity contribution is 6.33. The van der Waals surface area contributed by atoms with E-state index in [2.05, 4.69) is 35.5 Å². The molecule has 0 atom stereocenters. The monoisotopic (exact) mass is 578 g/mol. The maximum Gasteiger partial charge on any atom is 0.338 e. The van der Waals surface area contributed by atoms with Crippen LogP contribution in [-0.4, -0.2) is 53.9 Å². The molecule has 2 aliphatic heterocycles. The highest BCUT2D eigenvalue weighted by Gasteiger charge is 2.25. The van der Waals surface area contributed by atoms with E-state index in [1.165, 1.54) is 11.6 Å². The number of benzene rings is 2. The van der Waals surface area contributed by atoms with Crippen LogP contribution in [0.4, 0.5) is 0 Å². The van der Waals surface area contributed by atoms with Crippen molar-refractivity contribution in [3.8, 4) is 5.75 Å². The van der Waals surface area contributed by atoms with E-state index in [0.29, 0.717) is 54.3 Å². The molecule has 1 fully saturated rings. The molecule has 2 heterocycles. The fourth-order valence-electron chi connectivity index (χ4n) is 5.30. The first kappa shape index (κ1) is 30.4. The third-order valence-electron chi connectivity index (χ3n) is 7.57. The third-order valence-corrected chi connectivity index (χ3v) is 7.99. The number of cyclic esters (lactones) is 1. The van der Waals surface area contributed by atoms with E-state index >= 15 is 0 Å². The first-order valence-electron chi connectivity index (χ1n) is 14.5. The molecule has 1 N–H and O–H groups in total. The van der Waals surface area contributed by atoms with E-state index in [1.54, 1.807) is 0 Å². The van der Waals surface area contributed by atoms with E-state index in [9.17, 15) is 14.7 Å². The Balaban J connectivity index is 1.45. The van der Waals surface area contributed by atoms with Gasteiger partial charge in [-0.3, -0.25) is 4.79 Å². The van der Waals surface area contributed by atoms with Crippen LogP contribution in [0.15, 0.2) is 65.9 Å². The van der Waals surface area contributed by atoms with Gasteiger partial charge in [0.2, 0.25) is 0 Å². The zero-order valence-corrected chi connectivity index (χ0v) is 24.4. The van der Waals surface area contributed by atoms with Gasteiger partial charge in [0, 0.05) is 19.5 Å². The Morgan fingerprint density at radius 1 is 1.12 bits per heavy atom. The van der Waals surface area contributed by atoms with Gasteiger partial charge in [-0.15, -0.1) is 0 Å². The summed E-state index contributed by atoms with van der Waals surface area (Å²) >= 11 is 6.52. The number of hydrogen-bond donors (Lipinski definition) is 1. The number of piperidine rings is 1. The lowest BCUT2D eigenvalue weighted by Crippen LogP contribution is -2.40. The van der Waals surface area contributed by atoms with Crippen LogP contribution >= 0.6 is 11.6 Å². The fourth-order valence-corrected chi connectivity index (χ4v) is 5.51. The number of likely N-dealkylation sites (tertiary alicyclic amines) is 1. The number of ether oxygens (including phenoxy) is 1. The molecule has 0 radical (unpaired) electrons. The minimum atomic E-state index is -0.487. The second kappa shape index (κ2) is 15.4. The average molecular weight is 579 g/mol. The van der Waals surface area contributed by atoms with Crippen molar-refractivity contribution in [1.82, 2.24) is 4.90 Å². The number of aromatic hydroxyl groups is 1. The maximum absolute atomic E-state index is 13.1. The second-order valence-electron chi connectivity index (χ2n) is 10.5. The van der Waals surface area contributed by atoms with Gasteiger partial charge in [-0.25, -0.2) is 4.79 Å². The molecule has 0 aliphatic carbocycles. The SMILES string of the molecule is CCc1cc(O)c(Cl)c2c1C(=O)OCC/C=C/CC/C=C/C(=N/OCC(=O)N1CCC(Cc3ccccc3)CC1)C2. The molecule has 7 nitrogen and oxygen atoms in total. The molecule has 0 saturated carbocycles. The largest absolute Gasteiger partial charge is 0.506 e. The topological polar surface area (TPSA) is 88.4 Å². The summed E-state index contributed by atoms with van der Waals surface area (Å²) in [6.07, 6.45) is 13.7. The van der Waals surface area contributed by atoms with Gasteiger partial charge < -0.3 is 19.6 Å². The van der Waals surface area contributed by atoms with Crippen molar-refractivity contribution >= 4 is 29.2 Å². The van der Waals surface area contributed by atoms with Gasteiger partial charge in [0.05, 0.1) is 22.9 Å². The Hall–Kier alpha value is -3.58.